The highest BCUT2D eigenvalue weighted by atomic mass is 15.0. The third-order valence-electron chi connectivity index (χ3n) is 3.40. The summed E-state index contributed by atoms with van der Waals surface area (Å²) in [5.41, 5.74) is 1.15. The largest absolute Gasteiger partial charge is 0.309 e. The van der Waals surface area contributed by atoms with Crippen LogP contribution in [0, 0.1) is 12.8 Å². The van der Waals surface area contributed by atoms with Crippen molar-refractivity contribution in [1.82, 2.24) is 15.3 Å². The van der Waals surface area contributed by atoms with Crippen LogP contribution >= 0.6 is 0 Å². The third-order valence-corrected chi connectivity index (χ3v) is 3.40. The fourth-order valence-electron chi connectivity index (χ4n) is 2.29. The molecule has 0 bridgehead atoms. The molecule has 1 aliphatic rings. The lowest BCUT2D eigenvalue weighted by Crippen LogP contribution is -2.26. The molecule has 0 spiro atoms. The lowest BCUT2D eigenvalue weighted by atomic mass is 9.80. The van der Waals surface area contributed by atoms with Gasteiger partial charge in [-0.05, 0) is 31.9 Å². The van der Waals surface area contributed by atoms with Crippen LogP contribution in [-0.4, -0.2) is 16.5 Å². The maximum Gasteiger partial charge on any atom is 0.125 e. The van der Waals surface area contributed by atoms with Gasteiger partial charge in [-0.1, -0.05) is 26.2 Å². The summed E-state index contributed by atoms with van der Waals surface area (Å²) in [6.45, 7) is 5.11. The molecule has 1 saturated carbocycles. The van der Waals surface area contributed by atoms with Gasteiger partial charge in [0.2, 0.25) is 0 Å². The molecule has 1 heterocycles. The van der Waals surface area contributed by atoms with Crippen molar-refractivity contribution in [2.45, 2.75) is 45.6 Å². The first-order chi connectivity index (χ1) is 7.79. The van der Waals surface area contributed by atoms with E-state index in [4.69, 9.17) is 0 Å². The number of hydrogen-bond acceptors (Lipinski definition) is 3. The Bertz CT molecular complexity index is 334. The summed E-state index contributed by atoms with van der Waals surface area (Å²) in [7, 11) is 0. The van der Waals surface area contributed by atoms with Gasteiger partial charge in [-0.25, -0.2) is 9.97 Å². The molecule has 1 aliphatic carbocycles. The van der Waals surface area contributed by atoms with Crippen molar-refractivity contribution in [3.63, 3.8) is 0 Å². The number of nitrogens with one attached hydrogen (secondary N) is 1. The van der Waals surface area contributed by atoms with E-state index < -0.39 is 0 Å². The minimum Gasteiger partial charge on any atom is -0.309 e. The van der Waals surface area contributed by atoms with Crippen molar-refractivity contribution in [2.75, 3.05) is 6.54 Å². The van der Waals surface area contributed by atoms with Gasteiger partial charge in [0.1, 0.15) is 5.82 Å². The minimum absolute atomic E-state index is 0.414. The molecule has 1 aromatic rings. The first-order valence-corrected chi connectivity index (χ1v) is 6.32. The number of aryl methyl sites for hydroxylation is 1. The highest BCUT2D eigenvalue weighted by Crippen LogP contribution is 2.34. The predicted molar refractivity (Wildman–Crippen MR) is 65.1 cm³/mol. The number of aromatic nitrogens is 2. The van der Waals surface area contributed by atoms with Gasteiger partial charge in [0.25, 0.3) is 0 Å². The zero-order chi connectivity index (χ0) is 11.4. The van der Waals surface area contributed by atoms with Crippen LogP contribution in [0.2, 0.25) is 0 Å². The average molecular weight is 219 g/mol. The molecule has 1 atom stereocenters. The second-order valence-corrected chi connectivity index (χ2v) is 4.67. The summed E-state index contributed by atoms with van der Waals surface area (Å²) < 4.78 is 0. The molecule has 3 heteroatoms. The quantitative estimate of drug-likeness (QED) is 0.827. The number of hydrogen-bond donors (Lipinski definition) is 1. The maximum absolute atomic E-state index is 4.53. The molecule has 16 heavy (non-hydrogen) atoms. The molecular weight excluding hydrogens is 198 g/mol. The summed E-state index contributed by atoms with van der Waals surface area (Å²) in [6, 6.07) is 2.45. The van der Waals surface area contributed by atoms with Gasteiger partial charge in [-0.15, -0.1) is 0 Å². The van der Waals surface area contributed by atoms with E-state index in [2.05, 4.69) is 22.2 Å². The van der Waals surface area contributed by atoms with E-state index in [1.165, 1.54) is 25.7 Å². The normalized spacial score (nSPS) is 18.1. The first-order valence-electron chi connectivity index (χ1n) is 6.32. The van der Waals surface area contributed by atoms with Crippen LogP contribution in [-0.2, 0) is 0 Å². The van der Waals surface area contributed by atoms with Crippen LogP contribution in [0.4, 0.5) is 0 Å². The van der Waals surface area contributed by atoms with Gasteiger partial charge in [0.15, 0.2) is 0 Å². The molecule has 1 N–H and O–H groups in total. The van der Waals surface area contributed by atoms with Gasteiger partial charge in [-0.2, -0.15) is 0 Å². The highest BCUT2D eigenvalue weighted by Gasteiger charge is 2.23. The van der Waals surface area contributed by atoms with Crippen LogP contribution in [0.25, 0.3) is 0 Å². The first kappa shape index (κ1) is 11.5. The highest BCUT2D eigenvalue weighted by molar-refractivity contribution is 5.07. The second kappa shape index (κ2) is 5.39. The molecule has 1 unspecified atom stereocenters. The van der Waals surface area contributed by atoms with E-state index >= 15 is 0 Å². The Labute approximate surface area is 97.7 Å². The van der Waals surface area contributed by atoms with Crippen molar-refractivity contribution >= 4 is 0 Å². The molecule has 0 saturated heterocycles. The van der Waals surface area contributed by atoms with Gasteiger partial charge in [0, 0.05) is 12.2 Å². The summed E-state index contributed by atoms with van der Waals surface area (Å²) in [5.74, 6) is 1.77. The summed E-state index contributed by atoms with van der Waals surface area (Å²) in [6.07, 6.45) is 7.29. The van der Waals surface area contributed by atoms with E-state index in [0.717, 1.165) is 24.0 Å². The Morgan fingerprint density at radius 1 is 1.50 bits per heavy atom. The Morgan fingerprint density at radius 2 is 2.31 bits per heavy atom. The molecule has 0 radical (unpaired) electrons. The SMILES string of the molecule is CCNC(CC1CCC1)c1ccnc(C)n1. The van der Waals surface area contributed by atoms with Crippen molar-refractivity contribution in [3.05, 3.63) is 23.8 Å². The lowest BCUT2D eigenvalue weighted by molar-refractivity contribution is 0.260. The monoisotopic (exact) mass is 219 g/mol. The standard InChI is InChI=1S/C13H21N3/c1-3-14-13(9-11-5-4-6-11)12-7-8-15-10(2)16-12/h7-8,11,13-14H,3-6,9H2,1-2H3. The van der Waals surface area contributed by atoms with Crippen molar-refractivity contribution < 1.29 is 0 Å². The van der Waals surface area contributed by atoms with Crippen LogP contribution in [0.5, 0.6) is 0 Å². The van der Waals surface area contributed by atoms with Crippen LogP contribution in [0.3, 0.4) is 0 Å². The van der Waals surface area contributed by atoms with E-state index in [9.17, 15) is 0 Å². The average Bonchev–Trinajstić information content (AvgIpc) is 2.21. The molecule has 0 amide bonds. The maximum atomic E-state index is 4.53. The molecule has 0 aliphatic heterocycles. The number of nitrogens with zero attached hydrogens (tertiary/aromatic N) is 2. The molecular formula is C13H21N3. The lowest BCUT2D eigenvalue weighted by Gasteiger charge is -2.29. The summed E-state index contributed by atoms with van der Waals surface area (Å²) in [5, 5.41) is 3.53. The van der Waals surface area contributed by atoms with E-state index in [-0.39, 0.29) is 0 Å². The van der Waals surface area contributed by atoms with Crippen molar-refractivity contribution in [1.29, 1.82) is 0 Å². The van der Waals surface area contributed by atoms with Crippen LogP contribution < -0.4 is 5.32 Å². The third kappa shape index (κ3) is 2.79. The predicted octanol–water partition coefficient (Wildman–Crippen LogP) is 2.63. The Balaban J connectivity index is 2.04. The summed E-state index contributed by atoms with van der Waals surface area (Å²) >= 11 is 0. The fourth-order valence-corrected chi connectivity index (χ4v) is 2.29. The van der Waals surface area contributed by atoms with E-state index in [0.29, 0.717) is 6.04 Å². The molecule has 1 fully saturated rings. The van der Waals surface area contributed by atoms with E-state index in [1.807, 2.05) is 19.2 Å². The van der Waals surface area contributed by atoms with Gasteiger partial charge < -0.3 is 5.32 Å². The molecule has 2 rings (SSSR count). The molecule has 88 valence electrons. The molecule has 3 nitrogen and oxygen atoms in total. The van der Waals surface area contributed by atoms with Gasteiger partial charge >= 0.3 is 0 Å². The summed E-state index contributed by atoms with van der Waals surface area (Å²) in [4.78, 5) is 8.69. The van der Waals surface area contributed by atoms with Crippen LogP contribution in [0.15, 0.2) is 12.3 Å². The Morgan fingerprint density at radius 3 is 2.88 bits per heavy atom. The zero-order valence-corrected chi connectivity index (χ0v) is 10.2. The number of rotatable bonds is 5. The zero-order valence-electron chi connectivity index (χ0n) is 10.2. The second-order valence-electron chi connectivity index (χ2n) is 4.67. The fraction of sp³-hybridized carbons (Fsp3) is 0.692. The van der Waals surface area contributed by atoms with Crippen LogP contribution in [0.1, 0.15) is 50.2 Å². The Kier molecular flexibility index (Phi) is 3.88. The van der Waals surface area contributed by atoms with Crippen molar-refractivity contribution in [2.24, 2.45) is 5.92 Å². The van der Waals surface area contributed by atoms with Gasteiger partial charge in [-0.3, -0.25) is 0 Å². The van der Waals surface area contributed by atoms with Crippen molar-refractivity contribution in [3.8, 4) is 0 Å². The Hall–Kier alpha value is -0.960. The minimum atomic E-state index is 0.414. The molecule has 1 aromatic heterocycles. The van der Waals surface area contributed by atoms with Gasteiger partial charge in [0.05, 0.1) is 5.69 Å². The topological polar surface area (TPSA) is 37.8 Å². The van der Waals surface area contributed by atoms with E-state index in [1.54, 1.807) is 0 Å². The molecule has 0 aromatic carbocycles. The smallest absolute Gasteiger partial charge is 0.125 e.